The third-order valence-corrected chi connectivity index (χ3v) is 4.68. The van der Waals surface area contributed by atoms with E-state index in [1.807, 2.05) is 0 Å². The van der Waals surface area contributed by atoms with Gasteiger partial charge in [0, 0.05) is 13.1 Å². The molecule has 1 aliphatic rings. The van der Waals surface area contributed by atoms with Crippen LogP contribution in [0.15, 0.2) is 12.1 Å². The summed E-state index contributed by atoms with van der Waals surface area (Å²) < 4.78 is 28.3. The lowest BCUT2D eigenvalue weighted by molar-refractivity contribution is 0.349. The predicted molar refractivity (Wildman–Crippen MR) is 72.0 cm³/mol. The molecule has 7 heteroatoms. The lowest BCUT2D eigenvalue weighted by Crippen LogP contribution is -2.39. The van der Waals surface area contributed by atoms with E-state index in [0.29, 0.717) is 29.6 Å². The molecule has 5 nitrogen and oxygen atoms in total. The maximum absolute atomic E-state index is 12.1. The number of nitrogens with zero attached hydrogens (tertiary/aromatic N) is 2. The van der Waals surface area contributed by atoms with E-state index in [2.05, 4.69) is 9.71 Å². The third kappa shape index (κ3) is 3.13. The Morgan fingerprint density at radius 3 is 2.56 bits per heavy atom. The molecule has 0 unspecified atom stereocenters. The van der Waals surface area contributed by atoms with Gasteiger partial charge < -0.3 is 0 Å². The number of hydrogen-bond donors (Lipinski definition) is 1. The van der Waals surface area contributed by atoms with Gasteiger partial charge in [0.25, 0.3) is 0 Å². The minimum Gasteiger partial charge on any atom is -0.269 e. The molecular weight excluding hydrogens is 274 g/mol. The van der Waals surface area contributed by atoms with E-state index >= 15 is 0 Å². The van der Waals surface area contributed by atoms with Crippen molar-refractivity contribution in [2.75, 3.05) is 17.8 Å². The van der Waals surface area contributed by atoms with Crippen LogP contribution in [0.25, 0.3) is 0 Å². The van der Waals surface area contributed by atoms with E-state index < -0.39 is 10.2 Å². The second-order valence-electron chi connectivity index (χ2n) is 4.33. The standard InChI is InChI=1S/C11H16ClN3O2S/c1-9-10(5-6-11(12)13-9)14-18(16,17)15-7-3-2-4-8-15/h5-6,14H,2-4,7-8H2,1H3. The van der Waals surface area contributed by atoms with Crippen LogP contribution in [0.3, 0.4) is 0 Å². The van der Waals surface area contributed by atoms with Crippen molar-refractivity contribution >= 4 is 27.5 Å². The van der Waals surface area contributed by atoms with Crippen LogP contribution >= 0.6 is 11.6 Å². The fourth-order valence-corrected chi connectivity index (χ4v) is 3.50. The van der Waals surface area contributed by atoms with Gasteiger partial charge in [0.15, 0.2) is 0 Å². The Kier molecular flexibility index (Phi) is 4.09. The van der Waals surface area contributed by atoms with E-state index in [1.165, 1.54) is 4.31 Å². The van der Waals surface area contributed by atoms with E-state index in [1.54, 1.807) is 19.1 Å². The Labute approximate surface area is 112 Å². The minimum atomic E-state index is -3.47. The smallest absolute Gasteiger partial charge is 0.269 e. The molecule has 0 aromatic carbocycles. The fourth-order valence-electron chi connectivity index (χ4n) is 1.95. The van der Waals surface area contributed by atoms with Gasteiger partial charge in [-0.25, -0.2) is 4.98 Å². The molecule has 2 rings (SSSR count). The summed E-state index contributed by atoms with van der Waals surface area (Å²) in [7, 11) is -3.47. The fraction of sp³-hybridized carbons (Fsp3) is 0.545. The van der Waals surface area contributed by atoms with Crippen LogP contribution in [0.4, 0.5) is 5.69 Å². The quantitative estimate of drug-likeness (QED) is 0.868. The summed E-state index contributed by atoms with van der Waals surface area (Å²) in [5, 5.41) is 0.355. The average molecular weight is 290 g/mol. The van der Waals surface area contributed by atoms with E-state index in [0.717, 1.165) is 19.3 Å². The molecule has 1 N–H and O–H groups in total. The molecule has 2 heterocycles. The number of nitrogens with one attached hydrogen (secondary N) is 1. The largest absolute Gasteiger partial charge is 0.301 e. The SMILES string of the molecule is Cc1nc(Cl)ccc1NS(=O)(=O)N1CCCCC1. The number of aromatic nitrogens is 1. The number of aryl methyl sites for hydroxylation is 1. The predicted octanol–water partition coefficient (Wildman–Crippen LogP) is 2.19. The zero-order valence-electron chi connectivity index (χ0n) is 10.2. The second kappa shape index (κ2) is 5.42. The van der Waals surface area contributed by atoms with Crippen molar-refractivity contribution in [3.63, 3.8) is 0 Å². The Morgan fingerprint density at radius 1 is 1.28 bits per heavy atom. The first-order valence-electron chi connectivity index (χ1n) is 5.90. The third-order valence-electron chi connectivity index (χ3n) is 2.95. The minimum absolute atomic E-state index is 0.355. The summed E-state index contributed by atoms with van der Waals surface area (Å²) in [6, 6.07) is 3.20. The highest BCUT2D eigenvalue weighted by Gasteiger charge is 2.24. The summed E-state index contributed by atoms with van der Waals surface area (Å²) in [5.74, 6) is 0. The van der Waals surface area contributed by atoms with E-state index in [9.17, 15) is 8.42 Å². The Bertz CT molecular complexity index is 527. The van der Waals surface area contributed by atoms with Crippen molar-refractivity contribution in [1.82, 2.24) is 9.29 Å². The Balaban J connectivity index is 2.16. The lowest BCUT2D eigenvalue weighted by Gasteiger charge is -2.26. The van der Waals surface area contributed by atoms with Gasteiger partial charge in [0.1, 0.15) is 5.15 Å². The molecular formula is C11H16ClN3O2S. The van der Waals surface area contributed by atoms with E-state index in [-0.39, 0.29) is 0 Å². The van der Waals surface area contributed by atoms with Crippen LogP contribution in [-0.2, 0) is 10.2 Å². The van der Waals surface area contributed by atoms with Gasteiger partial charge in [-0.1, -0.05) is 18.0 Å². The van der Waals surface area contributed by atoms with Crippen molar-refractivity contribution in [1.29, 1.82) is 0 Å². The number of halogens is 1. The van der Waals surface area contributed by atoms with Crippen molar-refractivity contribution < 1.29 is 8.42 Å². The number of hydrogen-bond acceptors (Lipinski definition) is 3. The van der Waals surface area contributed by atoms with Crippen LogP contribution < -0.4 is 4.72 Å². The van der Waals surface area contributed by atoms with Gasteiger partial charge >= 0.3 is 10.2 Å². The zero-order valence-corrected chi connectivity index (χ0v) is 11.8. The summed E-state index contributed by atoms with van der Waals surface area (Å²) in [5.41, 5.74) is 1.05. The van der Waals surface area contributed by atoms with Crippen molar-refractivity contribution in [2.24, 2.45) is 0 Å². The number of rotatable bonds is 3. The van der Waals surface area contributed by atoms with Crippen LogP contribution in [0.2, 0.25) is 5.15 Å². The summed E-state index contributed by atoms with van der Waals surface area (Å²) in [4.78, 5) is 4.02. The molecule has 1 aromatic rings. The number of piperidine rings is 1. The van der Waals surface area contributed by atoms with Crippen LogP contribution in [0.5, 0.6) is 0 Å². The van der Waals surface area contributed by atoms with Crippen LogP contribution in [-0.4, -0.2) is 30.8 Å². The topological polar surface area (TPSA) is 62.3 Å². The summed E-state index contributed by atoms with van der Waals surface area (Å²) in [6.07, 6.45) is 2.92. The molecule has 0 radical (unpaired) electrons. The first-order valence-corrected chi connectivity index (χ1v) is 7.72. The molecule has 100 valence electrons. The summed E-state index contributed by atoms with van der Waals surface area (Å²) in [6.45, 7) is 2.88. The molecule has 0 aliphatic carbocycles. The number of pyridine rings is 1. The normalized spacial score (nSPS) is 17.7. The summed E-state index contributed by atoms with van der Waals surface area (Å²) >= 11 is 5.74. The molecule has 1 aromatic heterocycles. The highest BCUT2D eigenvalue weighted by Crippen LogP contribution is 2.20. The molecule has 0 atom stereocenters. The van der Waals surface area contributed by atoms with Gasteiger partial charge in [-0.2, -0.15) is 12.7 Å². The van der Waals surface area contributed by atoms with Crippen molar-refractivity contribution in [3.8, 4) is 0 Å². The molecule has 0 spiro atoms. The van der Waals surface area contributed by atoms with Gasteiger partial charge in [0.05, 0.1) is 11.4 Å². The monoisotopic (exact) mass is 289 g/mol. The lowest BCUT2D eigenvalue weighted by atomic mass is 10.2. The van der Waals surface area contributed by atoms with Crippen molar-refractivity contribution in [3.05, 3.63) is 23.0 Å². The molecule has 0 amide bonds. The Morgan fingerprint density at radius 2 is 1.94 bits per heavy atom. The molecule has 18 heavy (non-hydrogen) atoms. The maximum atomic E-state index is 12.1. The highest BCUT2D eigenvalue weighted by molar-refractivity contribution is 7.90. The van der Waals surface area contributed by atoms with Crippen molar-refractivity contribution in [2.45, 2.75) is 26.2 Å². The number of anilines is 1. The van der Waals surface area contributed by atoms with Gasteiger partial charge in [-0.3, -0.25) is 4.72 Å². The first kappa shape index (κ1) is 13.6. The molecule has 1 fully saturated rings. The van der Waals surface area contributed by atoms with Crippen LogP contribution in [0.1, 0.15) is 25.0 Å². The first-order chi connectivity index (χ1) is 8.49. The Hall–Kier alpha value is -0.850. The molecule has 1 saturated heterocycles. The molecule has 0 bridgehead atoms. The zero-order chi connectivity index (χ0) is 13.2. The maximum Gasteiger partial charge on any atom is 0.301 e. The van der Waals surface area contributed by atoms with Gasteiger partial charge in [-0.15, -0.1) is 0 Å². The molecule has 1 aliphatic heterocycles. The average Bonchev–Trinajstić information content (AvgIpc) is 2.34. The van der Waals surface area contributed by atoms with Gasteiger partial charge in [-0.05, 0) is 31.9 Å². The molecule has 0 saturated carbocycles. The van der Waals surface area contributed by atoms with E-state index in [4.69, 9.17) is 11.6 Å². The highest BCUT2D eigenvalue weighted by atomic mass is 35.5. The second-order valence-corrected chi connectivity index (χ2v) is 6.39. The van der Waals surface area contributed by atoms with Gasteiger partial charge in [0.2, 0.25) is 0 Å². The van der Waals surface area contributed by atoms with Crippen LogP contribution in [0, 0.1) is 6.92 Å².